The Morgan fingerprint density at radius 2 is 1.96 bits per heavy atom. The van der Waals surface area contributed by atoms with E-state index in [1.54, 1.807) is 12.3 Å². The van der Waals surface area contributed by atoms with E-state index in [1.165, 1.54) is 0 Å². The molecule has 1 aliphatic heterocycles. The largest absolute Gasteiger partial charge is 0.486 e. The van der Waals surface area contributed by atoms with E-state index in [1.807, 2.05) is 24.3 Å². The van der Waals surface area contributed by atoms with Gasteiger partial charge >= 0.3 is 6.03 Å². The molecule has 23 heavy (non-hydrogen) atoms. The average Bonchev–Trinajstić information content (AvgIpc) is 3.16. The molecule has 0 saturated heterocycles. The van der Waals surface area contributed by atoms with Crippen LogP contribution in [0.1, 0.15) is 24.2 Å². The molecular weight excluding hydrogens is 296 g/mol. The van der Waals surface area contributed by atoms with Gasteiger partial charge in [0.15, 0.2) is 11.5 Å². The van der Waals surface area contributed by atoms with E-state index in [-0.39, 0.29) is 11.6 Å². The molecule has 1 fully saturated rings. The standard InChI is InChI=1S/C17H18N2O4/c20-16(18-11-13-2-1-7-21-13)19-17(5-6-17)12-3-4-14-15(10-12)23-9-8-22-14/h1-4,7,10H,5-6,8-9,11H2,(H2,18,19,20). The van der Waals surface area contributed by atoms with Crippen LogP contribution in [0.5, 0.6) is 11.5 Å². The predicted octanol–water partition coefficient (Wildman–Crippen LogP) is 2.54. The van der Waals surface area contributed by atoms with Crippen LogP contribution in [0.25, 0.3) is 0 Å². The minimum atomic E-state index is -0.302. The fraction of sp³-hybridized carbons (Fsp3) is 0.353. The number of carbonyl (C=O) groups is 1. The molecule has 0 bridgehead atoms. The normalized spacial score (nSPS) is 17.4. The zero-order chi connectivity index (χ0) is 15.7. The first-order valence-electron chi connectivity index (χ1n) is 7.74. The molecular formula is C17H18N2O4. The summed E-state index contributed by atoms with van der Waals surface area (Å²) in [6.07, 6.45) is 3.42. The number of urea groups is 1. The number of carbonyl (C=O) groups excluding carboxylic acids is 1. The lowest BCUT2D eigenvalue weighted by Gasteiger charge is -2.22. The molecule has 1 aliphatic carbocycles. The molecule has 2 heterocycles. The Morgan fingerprint density at radius 1 is 1.13 bits per heavy atom. The molecule has 2 amide bonds. The minimum Gasteiger partial charge on any atom is -0.486 e. The van der Waals surface area contributed by atoms with Crippen molar-refractivity contribution in [3.63, 3.8) is 0 Å². The summed E-state index contributed by atoms with van der Waals surface area (Å²) in [5, 5.41) is 5.88. The lowest BCUT2D eigenvalue weighted by molar-refractivity contribution is 0.171. The fourth-order valence-electron chi connectivity index (χ4n) is 2.79. The number of nitrogens with one attached hydrogen (secondary N) is 2. The van der Waals surface area contributed by atoms with E-state index in [0.29, 0.717) is 19.8 Å². The Labute approximate surface area is 133 Å². The highest BCUT2D eigenvalue weighted by Gasteiger charge is 2.46. The van der Waals surface area contributed by atoms with Gasteiger partial charge in [-0.05, 0) is 42.7 Å². The van der Waals surface area contributed by atoms with Crippen LogP contribution in [-0.4, -0.2) is 19.2 Å². The van der Waals surface area contributed by atoms with E-state index < -0.39 is 0 Å². The van der Waals surface area contributed by atoms with Gasteiger partial charge in [-0.25, -0.2) is 4.79 Å². The van der Waals surface area contributed by atoms with Crippen molar-refractivity contribution in [1.82, 2.24) is 10.6 Å². The highest BCUT2D eigenvalue weighted by molar-refractivity contribution is 5.75. The van der Waals surface area contributed by atoms with Gasteiger partial charge in [0, 0.05) is 0 Å². The summed E-state index contributed by atoms with van der Waals surface area (Å²) in [5.41, 5.74) is 0.748. The molecule has 4 rings (SSSR count). The first-order chi connectivity index (χ1) is 11.3. The lowest BCUT2D eigenvalue weighted by atomic mass is 10.0. The maximum absolute atomic E-state index is 12.1. The molecule has 120 valence electrons. The van der Waals surface area contributed by atoms with Gasteiger partial charge in [0.2, 0.25) is 0 Å². The monoisotopic (exact) mass is 314 g/mol. The third-order valence-electron chi connectivity index (χ3n) is 4.20. The van der Waals surface area contributed by atoms with Crippen LogP contribution < -0.4 is 20.1 Å². The van der Waals surface area contributed by atoms with Gasteiger partial charge in [0.1, 0.15) is 19.0 Å². The number of fused-ring (bicyclic) bond motifs is 1. The molecule has 1 saturated carbocycles. The van der Waals surface area contributed by atoms with Gasteiger partial charge in [0.25, 0.3) is 0 Å². The SMILES string of the molecule is O=C(NCc1ccco1)NC1(c2ccc3c(c2)OCCO3)CC1. The van der Waals surface area contributed by atoms with Crippen molar-refractivity contribution in [2.45, 2.75) is 24.9 Å². The lowest BCUT2D eigenvalue weighted by Crippen LogP contribution is -2.41. The van der Waals surface area contributed by atoms with Gasteiger partial charge in [-0.2, -0.15) is 0 Å². The highest BCUT2D eigenvalue weighted by Crippen LogP contribution is 2.47. The number of benzene rings is 1. The Bertz CT molecular complexity index is 707. The number of furan rings is 1. The van der Waals surface area contributed by atoms with Crippen molar-refractivity contribution in [2.24, 2.45) is 0 Å². The molecule has 0 spiro atoms. The van der Waals surface area contributed by atoms with Crippen LogP contribution in [0.3, 0.4) is 0 Å². The number of hydrogen-bond acceptors (Lipinski definition) is 4. The summed E-state index contributed by atoms with van der Waals surface area (Å²) >= 11 is 0. The van der Waals surface area contributed by atoms with Crippen LogP contribution >= 0.6 is 0 Å². The first kappa shape index (κ1) is 14.0. The second kappa shape index (κ2) is 5.53. The zero-order valence-corrected chi connectivity index (χ0v) is 12.6. The molecule has 6 heteroatoms. The van der Waals surface area contributed by atoms with Gasteiger partial charge < -0.3 is 24.5 Å². The molecule has 1 aromatic heterocycles. The average molecular weight is 314 g/mol. The predicted molar refractivity (Wildman–Crippen MR) is 82.4 cm³/mol. The summed E-state index contributed by atoms with van der Waals surface area (Å²) in [7, 11) is 0. The topological polar surface area (TPSA) is 72.7 Å². The Hall–Kier alpha value is -2.63. The van der Waals surface area contributed by atoms with Crippen molar-refractivity contribution >= 4 is 6.03 Å². The summed E-state index contributed by atoms with van der Waals surface area (Å²) in [4.78, 5) is 12.1. The van der Waals surface area contributed by atoms with Crippen molar-refractivity contribution in [3.05, 3.63) is 47.9 Å². The van der Waals surface area contributed by atoms with Crippen molar-refractivity contribution in [3.8, 4) is 11.5 Å². The third kappa shape index (κ3) is 2.84. The first-order valence-corrected chi connectivity index (χ1v) is 7.74. The third-order valence-corrected chi connectivity index (χ3v) is 4.20. The summed E-state index contributed by atoms with van der Waals surface area (Å²) in [6, 6.07) is 9.29. The summed E-state index contributed by atoms with van der Waals surface area (Å²) < 4.78 is 16.4. The van der Waals surface area contributed by atoms with Crippen LogP contribution in [0.4, 0.5) is 4.79 Å². The van der Waals surface area contributed by atoms with E-state index in [9.17, 15) is 4.79 Å². The Kier molecular flexibility index (Phi) is 3.37. The number of ether oxygens (including phenoxy) is 2. The number of hydrogen-bond donors (Lipinski definition) is 2. The van der Waals surface area contributed by atoms with Crippen LogP contribution in [-0.2, 0) is 12.1 Å². The van der Waals surface area contributed by atoms with E-state index >= 15 is 0 Å². The van der Waals surface area contributed by atoms with Gasteiger partial charge in [0.05, 0.1) is 18.3 Å². The molecule has 2 aliphatic rings. The van der Waals surface area contributed by atoms with E-state index in [0.717, 1.165) is 35.7 Å². The molecule has 6 nitrogen and oxygen atoms in total. The van der Waals surface area contributed by atoms with E-state index in [2.05, 4.69) is 10.6 Å². The Balaban J connectivity index is 1.42. The zero-order valence-electron chi connectivity index (χ0n) is 12.6. The van der Waals surface area contributed by atoms with Gasteiger partial charge in [-0.3, -0.25) is 0 Å². The smallest absolute Gasteiger partial charge is 0.315 e. The van der Waals surface area contributed by atoms with Crippen molar-refractivity contribution in [1.29, 1.82) is 0 Å². The Morgan fingerprint density at radius 3 is 2.70 bits per heavy atom. The van der Waals surface area contributed by atoms with Crippen LogP contribution in [0, 0.1) is 0 Å². The van der Waals surface area contributed by atoms with Crippen molar-refractivity contribution < 1.29 is 18.7 Å². The molecule has 0 atom stereocenters. The number of amides is 2. The highest BCUT2D eigenvalue weighted by atomic mass is 16.6. The van der Waals surface area contributed by atoms with E-state index in [4.69, 9.17) is 13.9 Å². The van der Waals surface area contributed by atoms with Crippen molar-refractivity contribution in [2.75, 3.05) is 13.2 Å². The van der Waals surface area contributed by atoms with Gasteiger partial charge in [-0.1, -0.05) is 6.07 Å². The quantitative estimate of drug-likeness (QED) is 0.909. The summed E-state index contributed by atoms with van der Waals surface area (Å²) in [6.45, 7) is 1.50. The second-order valence-corrected chi connectivity index (χ2v) is 5.83. The molecule has 0 unspecified atom stereocenters. The second-order valence-electron chi connectivity index (χ2n) is 5.83. The summed E-state index contributed by atoms with van der Waals surface area (Å²) in [5.74, 6) is 2.24. The van der Waals surface area contributed by atoms with Crippen LogP contribution in [0.15, 0.2) is 41.0 Å². The van der Waals surface area contributed by atoms with Crippen LogP contribution in [0.2, 0.25) is 0 Å². The molecule has 2 N–H and O–H groups in total. The maximum atomic E-state index is 12.1. The molecule has 1 aromatic carbocycles. The maximum Gasteiger partial charge on any atom is 0.315 e. The fourth-order valence-corrected chi connectivity index (χ4v) is 2.79. The molecule has 2 aromatic rings. The molecule has 0 radical (unpaired) electrons. The minimum absolute atomic E-state index is 0.200. The number of rotatable bonds is 4. The van der Waals surface area contributed by atoms with Gasteiger partial charge in [-0.15, -0.1) is 0 Å².